The molecule has 2 unspecified atom stereocenters. The van der Waals surface area contributed by atoms with Gasteiger partial charge in [-0.25, -0.2) is 4.98 Å². The first-order chi connectivity index (χ1) is 12.8. The second-order valence-electron chi connectivity index (χ2n) is 6.19. The molecule has 3 N–H and O–H groups in total. The third kappa shape index (κ3) is 6.82. The second-order valence-corrected chi connectivity index (χ2v) is 6.19. The third-order valence-electron chi connectivity index (χ3n) is 3.89. The minimum absolute atomic E-state index is 0.00495. The van der Waals surface area contributed by atoms with Gasteiger partial charge in [0.25, 0.3) is 0 Å². The molecular formula is C19H23F3N2O3. The Kier molecular flexibility index (Phi) is 7.58. The number of pyridine rings is 1. The number of benzene rings is 1. The van der Waals surface area contributed by atoms with Crippen molar-refractivity contribution in [3.63, 3.8) is 0 Å². The van der Waals surface area contributed by atoms with Crippen LogP contribution in [0.1, 0.15) is 30.0 Å². The Balaban J connectivity index is 1.85. The van der Waals surface area contributed by atoms with E-state index >= 15 is 0 Å². The lowest BCUT2D eigenvalue weighted by atomic mass is 10.1. The van der Waals surface area contributed by atoms with E-state index in [1.165, 1.54) is 12.1 Å². The molecule has 2 rings (SSSR count). The van der Waals surface area contributed by atoms with Gasteiger partial charge in [-0.1, -0.05) is 18.2 Å². The van der Waals surface area contributed by atoms with Crippen LogP contribution in [-0.2, 0) is 12.6 Å². The molecule has 1 heterocycles. The quantitative estimate of drug-likeness (QED) is 0.620. The number of aliphatic hydroxyl groups excluding tert-OH is 2. The van der Waals surface area contributed by atoms with Crippen LogP contribution in [0, 0.1) is 0 Å². The molecule has 1 aromatic heterocycles. The van der Waals surface area contributed by atoms with Gasteiger partial charge in [-0.15, -0.1) is 0 Å². The largest absolute Gasteiger partial charge is 0.491 e. The van der Waals surface area contributed by atoms with Crippen LogP contribution in [0.15, 0.2) is 42.5 Å². The normalized spacial score (nSPS) is 14.0. The van der Waals surface area contributed by atoms with E-state index in [9.17, 15) is 18.3 Å². The Bertz CT molecular complexity index is 708. The van der Waals surface area contributed by atoms with Crippen molar-refractivity contribution in [1.29, 1.82) is 0 Å². The molecular weight excluding hydrogens is 361 g/mol. The Morgan fingerprint density at radius 3 is 2.48 bits per heavy atom. The Labute approximate surface area is 155 Å². The van der Waals surface area contributed by atoms with Crippen molar-refractivity contribution in [1.82, 2.24) is 10.3 Å². The summed E-state index contributed by atoms with van der Waals surface area (Å²) in [6.07, 6.45) is -5.00. The van der Waals surface area contributed by atoms with Gasteiger partial charge in [0.2, 0.25) is 0 Å². The maximum absolute atomic E-state index is 12.7. The van der Waals surface area contributed by atoms with E-state index in [1.54, 1.807) is 12.1 Å². The fourth-order valence-corrected chi connectivity index (χ4v) is 2.52. The highest BCUT2D eigenvalue weighted by Gasteiger charge is 2.32. The van der Waals surface area contributed by atoms with E-state index in [0.29, 0.717) is 12.2 Å². The van der Waals surface area contributed by atoms with Crippen LogP contribution in [0.2, 0.25) is 0 Å². The standard InChI is InChI=1S/C19H23F3N2O3/c1-13(11-14-5-7-15(8-6-14)27-10-9-25)23-12-17(26)16-3-2-4-18(24-16)19(20,21)22/h2-8,13,17,23,25-26H,9-12H2,1H3. The number of ether oxygens (including phenoxy) is 1. The van der Waals surface area contributed by atoms with Crippen LogP contribution in [0.4, 0.5) is 13.2 Å². The first-order valence-corrected chi connectivity index (χ1v) is 8.58. The van der Waals surface area contributed by atoms with Crippen LogP contribution in [0.5, 0.6) is 5.75 Å². The van der Waals surface area contributed by atoms with E-state index < -0.39 is 18.0 Å². The molecule has 5 nitrogen and oxygen atoms in total. The van der Waals surface area contributed by atoms with Gasteiger partial charge in [-0.2, -0.15) is 13.2 Å². The molecule has 1 aromatic carbocycles. The molecule has 8 heteroatoms. The monoisotopic (exact) mass is 384 g/mol. The van der Waals surface area contributed by atoms with E-state index in [-0.39, 0.29) is 31.5 Å². The number of halogens is 3. The van der Waals surface area contributed by atoms with E-state index in [2.05, 4.69) is 10.3 Å². The highest BCUT2D eigenvalue weighted by atomic mass is 19.4. The van der Waals surface area contributed by atoms with Gasteiger partial charge in [0.15, 0.2) is 0 Å². The first-order valence-electron chi connectivity index (χ1n) is 8.58. The molecule has 0 radical (unpaired) electrons. The maximum Gasteiger partial charge on any atom is 0.433 e. The van der Waals surface area contributed by atoms with Gasteiger partial charge >= 0.3 is 6.18 Å². The highest BCUT2D eigenvalue weighted by molar-refractivity contribution is 5.27. The van der Waals surface area contributed by atoms with Crippen LogP contribution in [0.25, 0.3) is 0 Å². The van der Waals surface area contributed by atoms with Crippen molar-refractivity contribution in [3.8, 4) is 5.75 Å². The minimum Gasteiger partial charge on any atom is -0.491 e. The summed E-state index contributed by atoms with van der Waals surface area (Å²) in [7, 11) is 0. The Hall–Kier alpha value is -2.16. The summed E-state index contributed by atoms with van der Waals surface area (Å²) < 4.78 is 43.4. The summed E-state index contributed by atoms with van der Waals surface area (Å²) in [5.74, 6) is 0.666. The van der Waals surface area contributed by atoms with E-state index in [4.69, 9.17) is 9.84 Å². The summed E-state index contributed by atoms with van der Waals surface area (Å²) in [5, 5.41) is 21.9. The molecule has 0 amide bonds. The van der Waals surface area contributed by atoms with Crippen molar-refractivity contribution < 1.29 is 28.1 Å². The highest BCUT2D eigenvalue weighted by Crippen LogP contribution is 2.28. The number of nitrogens with one attached hydrogen (secondary N) is 1. The maximum atomic E-state index is 12.7. The van der Waals surface area contributed by atoms with Crippen molar-refractivity contribution in [2.75, 3.05) is 19.8 Å². The topological polar surface area (TPSA) is 74.6 Å². The van der Waals surface area contributed by atoms with Crippen LogP contribution in [-0.4, -0.2) is 41.0 Å². The average Bonchev–Trinajstić information content (AvgIpc) is 2.65. The zero-order valence-electron chi connectivity index (χ0n) is 14.9. The zero-order valence-corrected chi connectivity index (χ0v) is 14.9. The minimum atomic E-state index is -4.54. The molecule has 0 spiro atoms. The molecule has 0 fully saturated rings. The number of aromatic nitrogens is 1. The summed E-state index contributed by atoms with van der Waals surface area (Å²) in [6.45, 7) is 2.19. The summed E-state index contributed by atoms with van der Waals surface area (Å²) in [6, 6.07) is 10.9. The molecule has 0 bridgehead atoms. The molecule has 0 aliphatic heterocycles. The van der Waals surface area contributed by atoms with Crippen molar-refractivity contribution in [2.45, 2.75) is 31.7 Å². The molecule has 0 saturated heterocycles. The SMILES string of the molecule is CC(Cc1ccc(OCCO)cc1)NCC(O)c1cccc(C(F)(F)F)n1. The molecule has 0 saturated carbocycles. The summed E-state index contributed by atoms with van der Waals surface area (Å²) >= 11 is 0. The number of aliphatic hydroxyl groups is 2. The van der Waals surface area contributed by atoms with E-state index in [1.807, 2.05) is 19.1 Å². The second kappa shape index (κ2) is 9.68. The number of nitrogens with zero attached hydrogens (tertiary/aromatic N) is 1. The van der Waals surface area contributed by atoms with Gasteiger partial charge in [0, 0.05) is 12.6 Å². The molecule has 2 aromatic rings. The summed E-state index contributed by atoms with van der Waals surface area (Å²) in [4.78, 5) is 3.49. The predicted molar refractivity (Wildman–Crippen MR) is 94.4 cm³/mol. The first kappa shape index (κ1) is 21.1. The Morgan fingerprint density at radius 1 is 1.15 bits per heavy atom. The van der Waals surface area contributed by atoms with Gasteiger partial charge in [0.1, 0.15) is 24.2 Å². The smallest absolute Gasteiger partial charge is 0.433 e. The molecule has 0 aliphatic carbocycles. The van der Waals surface area contributed by atoms with Gasteiger partial charge in [0.05, 0.1) is 12.3 Å². The zero-order chi connectivity index (χ0) is 19.9. The van der Waals surface area contributed by atoms with E-state index in [0.717, 1.165) is 11.6 Å². The molecule has 27 heavy (non-hydrogen) atoms. The van der Waals surface area contributed by atoms with Crippen molar-refractivity contribution in [3.05, 3.63) is 59.4 Å². The predicted octanol–water partition coefficient (Wildman–Crippen LogP) is 2.73. The fourth-order valence-electron chi connectivity index (χ4n) is 2.52. The average molecular weight is 384 g/mol. The van der Waals surface area contributed by atoms with Gasteiger partial charge in [-0.3, -0.25) is 0 Å². The van der Waals surface area contributed by atoms with Crippen LogP contribution < -0.4 is 10.1 Å². The van der Waals surface area contributed by atoms with Crippen LogP contribution in [0.3, 0.4) is 0 Å². The Morgan fingerprint density at radius 2 is 1.85 bits per heavy atom. The lowest BCUT2D eigenvalue weighted by Crippen LogP contribution is -2.32. The van der Waals surface area contributed by atoms with Gasteiger partial charge in [-0.05, 0) is 43.2 Å². The number of hydrogen-bond donors (Lipinski definition) is 3. The summed E-state index contributed by atoms with van der Waals surface area (Å²) in [5.41, 5.74) is 0.00328. The molecule has 2 atom stereocenters. The lowest BCUT2D eigenvalue weighted by Gasteiger charge is -2.18. The van der Waals surface area contributed by atoms with Crippen molar-refractivity contribution >= 4 is 0 Å². The number of alkyl halides is 3. The number of rotatable bonds is 9. The third-order valence-corrected chi connectivity index (χ3v) is 3.89. The van der Waals surface area contributed by atoms with Crippen LogP contribution >= 0.6 is 0 Å². The van der Waals surface area contributed by atoms with Crippen molar-refractivity contribution in [2.24, 2.45) is 0 Å². The number of hydrogen-bond acceptors (Lipinski definition) is 5. The lowest BCUT2D eigenvalue weighted by molar-refractivity contribution is -0.141. The fraction of sp³-hybridized carbons (Fsp3) is 0.421. The molecule has 0 aliphatic rings. The van der Waals surface area contributed by atoms with Gasteiger partial charge < -0.3 is 20.3 Å². The molecule has 148 valence electrons.